The molecule has 0 fully saturated rings. The van der Waals surface area contributed by atoms with Gasteiger partial charge in [-0.25, -0.2) is 9.78 Å². The zero-order valence-corrected chi connectivity index (χ0v) is 10.9. The SMILES string of the molecule is CCC(C)CNc1nc(C(=O)O)c(C(C)=O)s1. The highest BCUT2D eigenvalue weighted by Gasteiger charge is 2.20. The lowest BCUT2D eigenvalue weighted by molar-refractivity contribution is 0.0687. The zero-order valence-electron chi connectivity index (χ0n) is 10.1. The van der Waals surface area contributed by atoms with E-state index < -0.39 is 5.97 Å². The van der Waals surface area contributed by atoms with E-state index in [9.17, 15) is 9.59 Å². The van der Waals surface area contributed by atoms with Crippen molar-refractivity contribution in [3.63, 3.8) is 0 Å². The highest BCUT2D eigenvalue weighted by atomic mass is 32.1. The highest BCUT2D eigenvalue weighted by Crippen LogP contribution is 2.24. The van der Waals surface area contributed by atoms with Crippen molar-refractivity contribution < 1.29 is 14.7 Å². The minimum absolute atomic E-state index is 0.158. The first-order chi connectivity index (χ1) is 7.95. The van der Waals surface area contributed by atoms with Crippen molar-refractivity contribution in [1.29, 1.82) is 0 Å². The van der Waals surface area contributed by atoms with Crippen LogP contribution >= 0.6 is 11.3 Å². The lowest BCUT2D eigenvalue weighted by Crippen LogP contribution is -2.10. The van der Waals surface area contributed by atoms with Crippen molar-refractivity contribution in [2.24, 2.45) is 5.92 Å². The number of carbonyl (C=O) groups excluding carboxylic acids is 1. The Bertz CT molecular complexity index is 397. The van der Waals surface area contributed by atoms with E-state index >= 15 is 0 Å². The summed E-state index contributed by atoms with van der Waals surface area (Å²) in [4.78, 5) is 26.3. The van der Waals surface area contributed by atoms with Crippen molar-refractivity contribution in [3.05, 3.63) is 10.6 Å². The second kappa shape index (κ2) is 5.77. The van der Waals surface area contributed by atoms with Crippen molar-refractivity contribution in [2.45, 2.75) is 27.2 Å². The van der Waals surface area contributed by atoms with E-state index in [0.29, 0.717) is 11.0 Å². The van der Waals surface area contributed by atoms with Crippen molar-refractivity contribution in [2.75, 3.05) is 11.9 Å². The number of ketones is 1. The highest BCUT2D eigenvalue weighted by molar-refractivity contribution is 7.17. The average Bonchev–Trinajstić information content (AvgIpc) is 2.70. The summed E-state index contributed by atoms with van der Waals surface area (Å²) in [5.74, 6) is -0.951. The van der Waals surface area contributed by atoms with Crippen LogP contribution in [-0.4, -0.2) is 28.4 Å². The summed E-state index contributed by atoms with van der Waals surface area (Å²) in [7, 11) is 0. The fourth-order valence-corrected chi connectivity index (χ4v) is 2.04. The quantitative estimate of drug-likeness (QED) is 0.764. The van der Waals surface area contributed by atoms with E-state index in [4.69, 9.17) is 5.11 Å². The van der Waals surface area contributed by atoms with Gasteiger partial charge in [-0.1, -0.05) is 31.6 Å². The van der Waals surface area contributed by atoms with Crippen LogP contribution in [0.4, 0.5) is 5.13 Å². The van der Waals surface area contributed by atoms with E-state index in [1.165, 1.54) is 6.92 Å². The van der Waals surface area contributed by atoms with Gasteiger partial charge in [0, 0.05) is 13.5 Å². The number of hydrogen-bond acceptors (Lipinski definition) is 5. The molecule has 1 aromatic heterocycles. The van der Waals surface area contributed by atoms with Gasteiger partial charge >= 0.3 is 5.97 Å². The van der Waals surface area contributed by atoms with Gasteiger partial charge in [0.25, 0.3) is 0 Å². The molecule has 1 unspecified atom stereocenters. The minimum Gasteiger partial charge on any atom is -0.476 e. The van der Waals surface area contributed by atoms with Gasteiger partial charge in [0.15, 0.2) is 16.6 Å². The van der Waals surface area contributed by atoms with Crippen LogP contribution in [0.15, 0.2) is 0 Å². The molecule has 6 heteroatoms. The number of nitrogens with one attached hydrogen (secondary N) is 1. The number of thiazole rings is 1. The maximum atomic E-state index is 11.3. The van der Waals surface area contributed by atoms with Crippen molar-refractivity contribution in [1.82, 2.24) is 4.98 Å². The number of hydrogen-bond donors (Lipinski definition) is 2. The summed E-state index contributed by atoms with van der Waals surface area (Å²) in [6.07, 6.45) is 1.03. The third-order valence-corrected chi connectivity index (χ3v) is 3.56. The second-order valence-electron chi connectivity index (χ2n) is 3.95. The number of anilines is 1. The molecule has 0 bridgehead atoms. The maximum Gasteiger partial charge on any atom is 0.356 e. The van der Waals surface area contributed by atoms with Crippen LogP contribution in [0.3, 0.4) is 0 Å². The Morgan fingerprint density at radius 3 is 2.59 bits per heavy atom. The molecule has 5 nitrogen and oxygen atoms in total. The fourth-order valence-electron chi connectivity index (χ4n) is 1.19. The molecule has 0 spiro atoms. The Kier molecular flexibility index (Phi) is 4.62. The Labute approximate surface area is 104 Å². The number of carbonyl (C=O) groups is 2. The lowest BCUT2D eigenvalue weighted by Gasteiger charge is -2.07. The molecule has 1 heterocycles. The molecule has 17 heavy (non-hydrogen) atoms. The number of carboxylic acid groups (broad SMARTS) is 1. The molecular weight excluding hydrogens is 240 g/mol. The molecule has 0 aliphatic rings. The predicted molar refractivity (Wildman–Crippen MR) is 67.0 cm³/mol. The normalized spacial score (nSPS) is 12.2. The van der Waals surface area contributed by atoms with Crippen LogP contribution in [-0.2, 0) is 0 Å². The molecule has 2 N–H and O–H groups in total. The molecule has 94 valence electrons. The minimum atomic E-state index is -1.16. The van der Waals surface area contributed by atoms with Gasteiger partial charge in [-0.05, 0) is 5.92 Å². The predicted octanol–water partition coefficient (Wildman–Crippen LogP) is 2.50. The molecule has 0 radical (unpaired) electrons. The summed E-state index contributed by atoms with van der Waals surface area (Å²) in [5, 5.41) is 12.5. The molecule has 0 saturated heterocycles. The summed E-state index contributed by atoms with van der Waals surface area (Å²) in [6, 6.07) is 0. The van der Waals surface area contributed by atoms with Crippen LogP contribution in [0, 0.1) is 5.92 Å². The van der Waals surface area contributed by atoms with Gasteiger partial charge in [0.2, 0.25) is 0 Å². The van der Waals surface area contributed by atoms with Crippen molar-refractivity contribution in [3.8, 4) is 0 Å². The molecule has 0 aromatic carbocycles. The van der Waals surface area contributed by atoms with Gasteiger partial charge < -0.3 is 10.4 Å². The topological polar surface area (TPSA) is 79.3 Å². The number of rotatable bonds is 6. The number of nitrogens with zero attached hydrogens (tertiary/aromatic N) is 1. The molecule has 0 aliphatic heterocycles. The first-order valence-electron chi connectivity index (χ1n) is 5.44. The molecular formula is C11H16N2O3S. The molecule has 1 aromatic rings. The zero-order chi connectivity index (χ0) is 13.0. The van der Waals surface area contributed by atoms with Crippen LogP contribution < -0.4 is 5.32 Å². The number of aromatic nitrogens is 1. The average molecular weight is 256 g/mol. The summed E-state index contributed by atoms with van der Waals surface area (Å²) < 4.78 is 0. The van der Waals surface area contributed by atoms with Crippen LogP contribution in [0.5, 0.6) is 0 Å². The van der Waals surface area contributed by atoms with Gasteiger partial charge in [-0.3, -0.25) is 4.79 Å². The van der Waals surface area contributed by atoms with Crippen LogP contribution in [0.25, 0.3) is 0 Å². The van der Waals surface area contributed by atoms with E-state index in [1.54, 1.807) is 0 Å². The number of aromatic carboxylic acids is 1. The fraction of sp³-hybridized carbons (Fsp3) is 0.545. The number of Topliss-reactive ketones (excluding diaryl/α,β-unsaturated/α-hetero) is 1. The van der Waals surface area contributed by atoms with E-state index in [1.807, 2.05) is 0 Å². The smallest absolute Gasteiger partial charge is 0.356 e. The Morgan fingerprint density at radius 2 is 2.18 bits per heavy atom. The van der Waals surface area contributed by atoms with Gasteiger partial charge in [0.05, 0.1) is 0 Å². The molecule has 0 amide bonds. The molecule has 0 aliphatic carbocycles. The Hall–Kier alpha value is -1.43. The Balaban J connectivity index is 2.85. The molecule has 0 saturated carbocycles. The van der Waals surface area contributed by atoms with Gasteiger partial charge in [0.1, 0.15) is 4.88 Å². The molecule has 1 rings (SSSR count). The van der Waals surface area contributed by atoms with Gasteiger partial charge in [-0.2, -0.15) is 0 Å². The largest absolute Gasteiger partial charge is 0.476 e. The van der Waals surface area contributed by atoms with Gasteiger partial charge in [-0.15, -0.1) is 0 Å². The second-order valence-corrected chi connectivity index (χ2v) is 4.95. The van der Waals surface area contributed by atoms with Crippen LogP contribution in [0.2, 0.25) is 0 Å². The molecule has 1 atom stereocenters. The maximum absolute atomic E-state index is 11.3. The number of carboxylic acids is 1. The Morgan fingerprint density at radius 1 is 1.53 bits per heavy atom. The third kappa shape index (κ3) is 3.52. The standard InChI is InChI=1S/C11H16N2O3S/c1-4-6(2)5-12-11-13-8(10(15)16)9(17-11)7(3)14/h6H,4-5H2,1-3H3,(H,12,13)(H,15,16). The lowest BCUT2D eigenvalue weighted by atomic mass is 10.1. The van der Waals surface area contributed by atoms with E-state index in [0.717, 1.165) is 24.3 Å². The van der Waals surface area contributed by atoms with E-state index in [-0.39, 0.29) is 16.4 Å². The van der Waals surface area contributed by atoms with Crippen LogP contribution in [0.1, 0.15) is 47.4 Å². The summed E-state index contributed by atoms with van der Waals surface area (Å²) in [5.41, 5.74) is -0.158. The first-order valence-corrected chi connectivity index (χ1v) is 6.26. The monoisotopic (exact) mass is 256 g/mol. The van der Waals surface area contributed by atoms with E-state index in [2.05, 4.69) is 24.1 Å². The summed E-state index contributed by atoms with van der Waals surface area (Å²) in [6.45, 7) is 6.24. The third-order valence-electron chi connectivity index (χ3n) is 2.45. The summed E-state index contributed by atoms with van der Waals surface area (Å²) >= 11 is 1.10. The first kappa shape index (κ1) is 13.6. The van der Waals surface area contributed by atoms with Crippen molar-refractivity contribution >= 4 is 28.2 Å².